The number of aliphatic hydroxyl groups excluding tert-OH is 1. The molecule has 4 nitrogen and oxygen atoms in total. The zero-order chi connectivity index (χ0) is 19.2. The molecule has 0 aliphatic carbocycles. The lowest BCUT2D eigenvalue weighted by Gasteiger charge is -2.14. The van der Waals surface area contributed by atoms with Crippen LogP contribution in [0.1, 0.15) is 24.2 Å². The van der Waals surface area contributed by atoms with E-state index in [1.54, 1.807) is 0 Å². The first-order valence-corrected chi connectivity index (χ1v) is 9.71. The Kier molecular flexibility index (Phi) is 6.48. The van der Waals surface area contributed by atoms with E-state index in [9.17, 15) is 9.90 Å². The van der Waals surface area contributed by atoms with Gasteiger partial charge in [-0.05, 0) is 50.3 Å². The van der Waals surface area contributed by atoms with Crippen molar-refractivity contribution in [3.8, 4) is 5.75 Å². The summed E-state index contributed by atoms with van der Waals surface area (Å²) in [5.74, 6) is 0.332. The quantitative estimate of drug-likeness (QED) is 0.587. The van der Waals surface area contributed by atoms with E-state index >= 15 is 0 Å². The maximum Gasteiger partial charge on any atom is 0.258 e. The Bertz CT molecular complexity index is 924. The lowest BCUT2D eigenvalue weighted by molar-refractivity contribution is -0.123. The normalized spacial score (nSPS) is 12.0. The smallest absolute Gasteiger partial charge is 0.258 e. The lowest BCUT2D eigenvalue weighted by atomic mass is 10.1. The van der Waals surface area contributed by atoms with Gasteiger partial charge in [0, 0.05) is 6.54 Å². The SMILES string of the molecule is CCc1ccc(C(O)CNC(=O)COc2ccc3ccccc3c2Br)cc1. The second-order valence-electron chi connectivity index (χ2n) is 6.30. The first-order valence-electron chi connectivity index (χ1n) is 8.92. The molecule has 0 bridgehead atoms. The van der Waals surface area contributed by atoms with Crippen LogP contribution >= 0.6 is 15.9 Å². The summed E-state index contributed by atoms with van der Waals surface area (Å²) < 4.78 is 6.46. The third kappa shape index (κ3) is 4.87. The number of amides is 1. The number of rotatable bonds is 7. The van der Waals surface area contributed by atoms with Crippen molar-refractivity contribution in [1.29, 1.82) is 0 Å². The molecule has 2 N–H and O–H groups in total. The Morgan fingerprint density at radius 2 is 1.85 bits per heavy atom. The molecule has 27 heavy (non-hydrogen) atoms. The molecule has 0 aromatic heterocycles. The maximum absolute atomic E-state index is 12.1. The monoisotopic (exact) mass is 427 g/mol. The Morgan fingerprint density at radius 3 is 2.59 bits per heavy atom. The van der Waals surface area contributed by atoms with Gasteiger partial charge in [0.15, 0.2) is 6.61 Å². The van der Waals surface area contributed by atoms with Crippen LogP contribution in [0, 0.1) is 0 Å². The minimum Gasteiger partial charge on any atom is -0.483 e. The highest BCUT2D eigenvalue weighted by Gasteiger charge is 2.11. The van der Waals surface area contributed by atoms with Crippen molar-refractivity contribution >= 4 is 32.6 Å². The number of benzene rings is 3. The number of hydrogen-bond donors (Lipinski definition) is 2. The van der Waals surface area contributed by atoms with Gasteiger partial charge in [-0.25, -0.2) is 0 Å². The van der Waals surface area contributed by atoms with E-state index in [1.807, 2.05) is 60.7 Å². The molecule has 3 rings (SSSR count). The van der Waals surface area contributed by atoms with Crippen molar-refractivity contribution in [2.45, 2.75) is 19.4 Å². The zero-order valence-electron chi connectivity index (χ0n) is 15.1. The zero-order valence-corrected chi connectivity index (χ0v) is 16.7. The average Bonchev–Trinajstić information content (AvgIpc) is 2.71. The van der Waals surface area contributed by atoms with E-state index in [2.05, 4.69) is 28.2 Å². The van der Waals surface area contributed by atoms with Gasteiger partial charge >= 0.3 is 0 Å². The van der Waals surface area contributed by atoms with E-state index in [-0.39, 0.29) is 19.1 Å². The predicted molar refractivity (Wildman–Crippen MR) is 111 cm³/mol. The third-order valence-corrected chi connectivity index (χ3v) is 5.27. The molecule has 0 aliphatic rings. The van der Waals surface area contributed by atoms with Gasteiger partial charge in [-0.15, -0.1) is 0 Å². The summed E-state index contributed by atoms with van der Waals surface area (Å²) in [5, 5.41) is 15.0. The molecule has 0 aliphatic heterocycles. The number of halogens is 1. The van der Waals surface area contributed by atoms with Crippen LogP contribution in [0.2, 0.25) is 0 Å². The summed E-state index contributed by atoms with van der Waals surface area (Å²) in [6.07, 6.45) is 0.210. The van der Waals surface area contributed by atoms with Crippen LogP contribution in [0.4, 0.5) is 0 Å². The van der Waals surface area contributed by atoms with Gasteiger partial charge in [-0.2, -0.15) is 0 Å². The van der Waals surface area contributed by atoms with Gasteiger partial charge in [0.25, 0.3) is 5.91 Å². The van der Waals surface area contributed by atoms with Gasteiger partial charge in [0.1, 0.15) is 5.75 Å². The standard InChI is InChI=1S/C22H22BrNO3/c1-2-15-7-9-17(10-8-15)19(25)13-24-21(26)14-27-20-12-11-16-5-3-4-6-18(16)22(20)23/h3-12,19,25H,2,13-14H2,1H3,(H,24,26). The summed E-state index contributed by atoms with van der Waals surface area (Å²) in [6.45, 7) is 2.12. The molecule has 0 radical (unpaired) electrons. The molecule has 0 heterocycles. The molecule has 3 aromatic carbocycles. The van der Waals surface area contributed by atoms with Crippen LogP contribution in [0.3, 0.4) is 0 Å². The van der Waals surface area contributed by atoms with Crippen LogP contribution in [-0.4, -0.2) is 24.2 Å². The van der Waals surface area contributed by atoms with Crippen molar-refractivity contribution in [2.24, 2.45) is 0 Å². The minimum atomic E-state index is -0.743. The molecule has 0 saturated heterocycles. The Morgan fingerprint density at radius 1 is 1.11 bits per heavy atom. The Labute approximate surface area is 167 Å². The van der Waals surface area contributed by atoms with E-state index < -0.39 is 6.10 Å². The second-order valence-corrected chi connectivity index (χ2v) is 7.10. The second kappa shape index (κ2) is 9.02. The number of aryl methyl sites for hydroxylation is 1. The molecule has 1 unspecified atom stereocenters. The van der Waals surface area contributed by atoms with E-state index in [0.717, 1.165) is 27.2 Å². The maximum atomic E-state index is 12.1. The highest BCUT2D eigenvalue weighted by atomic mass is 79.9. The number of hydrogen-bond acceptors (Lipinski definition) is 3. The fourth-order valence-electron chi connectivity index (χ4n) is 2.82. The van der Waals surface area contributed by atoms with Gasteiger partial charge < -0.3 is 15.2 Å². The van der Waals surface area contributed by atoms with E-state index in [1.165, 1.54) is 5.56 Å². The van der Waals surface area contributed by atoms with Crippen LogP contribution in [0.25, 0.3) is 10.8 Å². The first-order chi connectivity index (χ1) is 13.1. The summed E-state index contributed by atoms with van der Waals surface area (Å²) in [4.78, 5) is 12.1. The largest absolute Gasteiger partial charge is 0.483 e. The number of carbonyl (C=O) groups excluding carboxylic acids is 1. The Hall–Kier alpha value is -2.37. The molecule has 3 aromatic rings. The Balaban J connectivity index is 1.53. The van der Waals surface area contributed by atoms with Gasteiger partial charge in [-0.1, -0.05) is 61.5 Å². The first kappa shape index (κ1) is 19.4. The van der Waals surface area contributed by atoms with Crippen molar-refractivity contribution in [1.82, 2.24) is 5.32 Å². The summed E-state index contributed by atoms with van der Waals surface area (Å²) in [5.41, 5.74) is 2.00. The van der Waals surface area contributed by atoms with Crippen molar-refractivity contribution in [3.63, 3.8) is 0 Å². The van der Waals surface area contributed by atoms with Crippen molar-refractivity contribution in [2.75, 3.05) is 13.2 Å². The molecule has 1 atom stereocenters. The molecule has 0 saturated carbocycles. The van der Waals surface area contributed by atoms with Crippen LogP contribution in [0.15, 0.2) is 65.1 Å². The van der Waals surface area contributed by atoms with Gasteiger partial charge in [-0.3, -0.25) is 4.79 Å². The number of fused-ring (bicyclic) bond motifs is 1. The number of ether oxygens (including phenoxy) is 1. The number of nitrogens with one attached hydrogen (secondary N) is 1. The van der Waals surface area contributed by atoms with Crippen molar-refractivity contribution in [3.05, 3.63) is 76.3 Å². The van der Waals surface area contributed by atoms with Crippen molar-refractivity contribution < 1.29 is 14.6 Å². The molecular formula is C22H22BrNO3. The summed E-state index contributed by atoms with van der Waals surface area (Å²) in [6, 6.07) is 19.5. The molecular weight excluding hydrogens is 406 g/mol. The lowest BCUT2D eigenvalue weighted by Crippen LogP contribution is -2.32. The van der Waals surface area contributed by atoms with E-state index in [4.69, 9.17) is 4.74 Å². The van der Waals surface area contributed by atoms with E-state index in [0.29, 0.717) is 5.75 Å². The molecule has 0 spiro atoms. The van der Waals surface area contributed by atoms with Gasteiger partial charge in [0.2, 0.25) is 0 Å². The molecule has 1 amide bonds. The fraction of sp³-hybridized carbons (Fsp3) is 0.227. The minimum absolute atomic E-state index is 0.113. The van der Waals surface area contributed by atoms with Crippen LogP contribution in [0.5, 0.6) is 5.75 Å². The topological polar surface area (TPSA) is 58.6 Å². The molecule has 0 fully saturated rings. The predicted octanol–water partition coefficient (Wildman–Crippen LogP) is 4.39. The number of aliphatic hydroxyl groups is 1. The highest BCUT2D eigenvalue weighted by molar-refractivity contribution is 9.10. The summed E-state index contributed by atoms with van der Waals surface area (Å²) >= 11 is 3.54. The average molecular weight is 428 g/mol. The number of carbonyl (C=O) groups is 1. The third-order valence-electron chi connectivity index (χ3n) is 4.45. The highest BCUT2D eigenvalue weighted by Crippen LogP contribution is 2.32. The molecule has 5 heteroatoms. The fourth-order valence-corrected chi connectivity index (χ4v) is 3.43. The van der Waals surface area contributed by atoms with Crippen LogP contribution < -0.4 is 10.1 Å². The van der Waals surface area contributed by atoms with Gasteiger partial charge in [0.05, 0.1) is 10.6 Å². The molecule has 140 valence electrons. The summed E-state index contributed by atoms with van der Waals surface area (Å²) in [7, 11) is 0. The van der Waals surface area contributed by atoms with Crippen LogP contribution in [-0.2, 0) is 11.2 Å².